The average molecular weight is 395 g/mol. The third-order valence-electron chi connectivity index (χ3n) is 4.55. The Bertz CT molecular complexity index is 916. The van der Waals surface area contributed by atoms with Crippen molar-refractivity contribution in [3.8, 4) is 11.1 Å². The molecule has 3 aromatic rings. The molecule has 1 amide bonds. The summed E-state index contributed by atoms with van der Waals surface area (Å²) in [5.74, 6) is -0.246. The molecule has 0 saturated heterocycles. The van der Waals surface area contributed by atoms with Crippen LogP contribution in [0.2, 0.25) is 5.15 Å². The van der Waals surface area contributed by atoms with E-state index in [1.807, 2.05) is 73.7 Å². The van der Waals surface area contributed by atoms with Crippen molar-refractivity contribution in [2.45, 2.75) is 13.5 Å². The highest BCUT2D eigenvalue weighted by atomic mass is 35.5. The average Bonchev–Trinajstić information content (AvgIpc) is 2.74. The fourth-order valence-electron chi connectivity index (χ4n) is 3.11. The van der Waals surface area contributed by atoms with Gasteiger partial charge in [0.2, 0.25) is 0 Å². The minimum atomic E-state index is -0.193. The fraction of sp³-hybridized carbons (Fsp3) is 0.217. The predicted octanol–water partition coefficient (Wildman–Crippen LogP) is 4.67. The summed E-state index contributed by atoms with van der Waals surface area (Å²) in [5.41, 5.74) is 3.06. The Kier molecular flexibility index (Phi) is 6.80. The molecular weight excluding hydrogens is 372 g/mol. The second-order valence-corrected chi connectivity index (χ2v) is 7.21. The number of amides is 1. The molecule has 1 aromatic heterocycles. The highest BCUT2D eigenvalue weighted by Gasteiger charge is 2.24. The number of carbonyl (C=O) groups excluding carboxylic acids is 1. The van der Waals surface area contributed by atoms with Crippen molar-refractivity contribution in [1.82, 2.24) is 9.88 Å². The second-order valence-electron chi connectivity index (χ2n) is 6.85. The quantitative estimate of drug-likeness (QED) is 0.592. The highest BCUT2D eigenvalue weighted by Crippen LogP contribution is 2.29. The van der Waals surface area contributed by atoms with E-state index in [2.05, 4.69) is 4.98 Å². The lowest BCUT2D eigenvalue weighted by Crippen LogP contribution is -2.35. The number of aliphatic hydroxyl groups is 1. The van der Waals surface area contributed by atoms with Gasteiger partial charge in [-0.3, -0.25) is 4.79 Å². The Balaban J connectivity index is 2.01. The van der Waals surface area contributed by atoms with Crippen molar-refractivity contribution in [1.29, 1.82) is 0 Å². The molecule has 0 spiro atoms. The van der Waals surface area contributed by atoms with E-state index in [0.29, 0.717) is 18.7 Å². The van der Waals surface area contributed by atoms with Gasteiger partial charge in [-0.05, 0) is 28.7 Å². The molecule has 0 aliphatic heterocycles. The van der Waals surface area contributed by atoms with Gasteiger partial charge in [-0.15, -0.1) is 0 Å². The van der Waals surface area contributed by atoms with E-state index < -0.39 is 0 Å². The summed E-state index contributed by atoms with van der Waals surface area (Å²) >= 11 is 6.38. The Morgan fingerprint density at radius 1 is 1.07 bits per heavy atom. The van der Waals surface area contributed by atoms with Gasteiger partial charge in [-0.1, -0.05) is 79.2 Å². The lowest BCUT2D eigenvalue weighted by Gasteiger charge is -2.26. The highest BCUT2D eigenvalue weighted by molar-refractivity contribution is 6.33. The molecule has 3 rings (SSSR count). The molecule has 1 N–H and O–H groups in total. The number of benzene rings is 2. The molecule has 28 heavy (non-hydrogen) atoms. The van der Waals surface area contributed by atoms with Crippen molar-refractivity contribution >= 4 is 17.5 Å². The number of hydrogen-bond acceptors (Lipinski definition) is 3. The molecule has 1 unspecified atom stereocenters. The third-order valence-corrected chi connectivity index (χ3v) is 4.84. The van der Waals surface area contributed by atoms with Gasteiger partial charge in [0.1, 0.15) is 5.15 Å². The number of halogens is 1. The van der Waals surface area contributed by atoms with Crippen molar-refractivity contribution in [3.05, 3.63) is 89.2 Å². The van der Waals surface area contributed by atoms with Gasteiger partial charge >= 0.3 is 0 Å². The van der Waals surface area contributed by atoms with Gasteiger partial charge < -0.3 is 10.0 Å². The first-order valence-corrected chi connectivity index (χ1v) is 9.62. The molecule has 1 atom stereocenters. The van der Waals surface area contributed by atoms with Crippen LogP contribution in [-0.4, -0.2) is 34.0 Å². The van der Waals surface area contributed by atoms with Crippen molar-refractivity contribution in [2.75, 3.05) is 13.2 Å². The smallest absolute Gasteiger partial charge is 0.257 e. The monoisotopic (exact) mass is 394 g/mol. The number of aromatic nitrogens is 1. The summed E-state index contributed by atoms with van der Waals surface area (Å²) in [6.07, 6.45) is 1.61. The molecule has 0 fully saturated rings. The number of pyridine rings is 1. The third kappa shape index (κ3) is 4.77. The lowest BCUT2D eigenvalue weighted by molar-refractivity contribution is 0.0695. The Hall–Kier alpha value is -2.69. The van der Waals surface area contributed by atoms with Crippen LogP contribution in [0.4, 0.5) is 0 Å². The van der Waals surface area contributed by atoms with E-state index in [1.54, 1.807) is 11.1 Å². The van der Waals surface area contributed by atoms with Crippen LogP contribution in [0.15, 0.2) is 72.9 Å². The van der Waals surface area contributed by atoms with Crippen LogP contribution in [0.25, 0.3) is 11.1 Å². The summed E-state index contributed by atoms with van der Waals surface area (Å²) in [6.45, 7) is 2.77. The predicted molar refractivity (Wildman–Crippen MR) is 112 cm³/mol. The van der Waals surface area contributed by atoms with Gasteiger partial charge in [0.15, 0.2) is 0 Å². The zero-order valence-electron chi connectivity index (χ0n) is 15.8. The normalized spacial score (nSPS) is 11.8. The molecule has 0 radical (unpaired) electrons. The maximum atomic E-state index is 13.5. The number of nitrogens with zero attached hydrogens (tertiary/aromatic N) is 2. The Morgan fingerprint density at radius 3 is 2.36 bits per heavy atom. The zero-order chi connectivity index (χ0) is 19.9. The van der Waals surface area contributed by atoms with Crippen molar-refractivity contribution < 1.29 is 9.90 Å². The topological polar surface area (TPSA) is 53.4 Å². The van der Waals surface area contributed by atoms with Gasteiger partial charge in [0.25, 0.3) is 5.91 Å². The summed E-state index contributed by atoms with van der Waals surface area (Å²) < 4.78 is 0. The van der Waals surface area contributed by atoms with E-state index >= 15 is 0 Å². The summed E-state index contributed by atoms with van der Waals surface area (Å²) in [7, 11) is 0. The summed E-state index contributed by atoms with van der Waals surface area (Å²) in [4.78, 5) is 19.4. The van der Waals surface area contributed by atoms with E-state index in [-0.39, 0.29) is 23.6 Å². The van der Waals surface area contributed by atoms with Crippen LogP contribution in [-0.2, 0) is 6.54 Å². The standard InChI is InChI=1S/C23H23ClN2O2/c1-17(16-27)14-26(15-18-8-4-2-5-9-18)23(28)21-20(12-13-25-22(21)24)19-10-6-3-7-11-19/h2-13,17,27H,14-16H2,1H3. The molecule has 5 heteroatoms. The zero-order valence-corrected chi connectivity index (χ0v) is 16.5. The maximum absolute atomic E-state index is 13.5. The maximum Gasteiger partial charge on any atom is 0.257 e. The molecule has 0 aliphatic rings. The van der Waals surface area contributed by atoms with Crippen LogP contribution in [0, 0.1) is 5.92 Å². The summed E-state index contributed by atoms with van der Waals surface area (Å²) in [5, 5.41) is 9.69. The van der Waals surface area contributed by atoms with Gasteiger partial charge in [0, 0.05) is 25.9 Å². The van der Waals surface area contributed by atoms with Gasteiger partial charge in [0.05, 0.1) is 5.56 Å². The number of hydrogen-bond donors (Lipinski definition) is 1. The first-order valence-electron chi connectivity index (χ1n) is 9.24. The Labute approximate surface area is 170 Å². The second kappa shape index (κ2) is 9.49. The minimum absolute atomic E-state index is 0.00485. The lowest BCUT2D eigenvalue weighted by atomic mass is 10.00. The molecule has 0 saturated carbocycles. The fourth-order valence-corrected chi connectivity index (χ4v) is 3.35. The number of carbonyl (C=O) groups is 1. The largest absolute Gasteiger partial charge is 0.396 e. The van der Waals surface area contributed by atoms with E-state index in [0.717, 1.165) is 16.7 Å². The van der Waals surface area contributed by atoms with Crippen LogP contribution < -0.4 is 0 Å². The Morgan fingerprint density at radius 2 is 1.71 bits per heavy atom. The van der Waals surface area contributed by atoms with Crippen LogP contribution in [0.1, 0.15) is 22.8 Å². The van der Waals surface area contributed by atoms with Crippen molar-refractivity contribution in [3.63, 3.8) is 0 Å². The molecule has 2 aromatic carbocycles. The summed E-state index contributed by atoms with van der Waals surface area (Å²) in [6, 6.07) is 21.3. The molecule has 1 heterocycles. The minimum Gasteiger partial charge on any atom is -0.396 e. The van der Waals surface area contributed by atoms with E-state index in [9.17, 15) is 9.90 Å². The molecule has 144 valence electrons. The van der Waals surface area contributed by atoms with E-state index in [1.165, 1.54) is 0 Å². The van der Waals surface area contributed by atoms with Crippen LogP contribution >= 0.6 is 11.6 Å². The van der Waals surface area contributed by atoms with Crippen LogP contribution in [0.3, 0.4) is 0 Å². The molecular formula is C23H23ClN2O2. The number of aliphatic hydroxyl groups excluding tert-OH is 1. The first kappa shape index (κ1) is 20.1. The van der Waals surface area contributed by atoms with Gasteiger partial charge in [-0.25, -0.2) is 4.98 Å². The van der Waals surface area contributed by atoms with Crippen molar-refractivity contribution in [2.24, 2.45) is 5.92 Å². The molecule has 0 bridgehead atoms. The number of rotatable bonds is 7. The van der Waals surface area contributed by atoms with E-state index in [4.69, 9.17) is 11.6 Å². The molecule has 4 nitrogen and oxygen atoms in total. The SMILES string of the molecule is CC(CO)CN(Cc1ccccc1)C(=O)c1c(-c2ccccc2)ccnc1Cl. The van der Waals surface area contributed by atoms with Gasteiger partial charge in [-0.2, -0.15) is 0 Å². The molecule has 0 aliphatic carbocycles. The van der Waals surface area contributed by atoms with Crippen LogP contribution in [0.5, 0.6) is 0 Å². The first-order chi connectivity index (χ1) is 13.6.